The third-order valence-corrected chi connectivity index (χ3v) is 3.35. The number of anilines is 1. The van der Waals surface area contributed by atoms with Gasteiger partial charge in [0.2, 0.25) is 0 Å². The van der Waals surface area contributed by atoms with Crippen LogP contribution in [0.1, 0.15) is 11.1 Å². The number of aryl methyl sites for hydroxylation is 1. The van der Waals surface area contributed by atoms with Gasteiger partial charge in [-0.05, 0) is 28.1 Å². The van der Waals surface area contributed by atoms with Gasteiger partial charge in [0.1, 0.15) is 6.07 Å². The normalized spacial score (nSPS) is 10.1. The second-order valence-electron chi connectivity index (χ2n) is 4.12. The predicted molar refractivity (Wildman–Crippen MR) is 74.2 cm³/mol. The van der Waals surface area contributed by atoms with E-state index in [1.807, 2.05) is 49.6 Å². The van der Waals surface area contributed by atoms with E-state index in [9.17, 15) is 5.26 Å². The van der Waals surface area contributed by atoms with Crippen LogP contribution in [0.5, 0.6) is 0 Å². The molecule has 2 rings (SSSR count). The monoisotopic (exact) mass is 304 g/mol. The van der Waals surface area contributed by atoms with Gasteiger partial charge in [-0.15, -0.1) is 0 Å². The number of aromatic nitrogens is 2. The third kappa shape index (κ3) is 2.54. The van der Waals surface area contributed by atoms with Crippen LogP contribution in [0.3, 0.4) is 0 Å². The van der Waals surface area contributed by atoms with Crippen LogP contribution in [0, 0.1) is 11.3 Å². The van der Waals surface area contributed by atoms with Crippen molar-refractivity contribution in [3.63, 3.8) is 0 Å². The fourth-order valence-corrected chi connectivity index (χ4v) is 2.30. The number of nitrogens with zero attached hydrogens (tertiary/aromatic N) is 4. The van der Waals surface area contributed by atoms with E-state index in [2.05, 4.69) is 27.1 Å². The Hall–Kier alpha value is -1.80. The largest absolute Gasteiger partial charge is 0.369 e. The molecule has 2 aromatic rings. The summed E-state index contributed by atoms with van der Waals surface area (Å²) >= 11 is 3.40. The van der Waals surface area contributed by atoms with Crippen molar-refractivity contribution in [3.8, 4) is 6.07 Å². The summed E-state index contributed by atoms with van der Waals surface area (Å²) in [6.45, 7) is 0.721. The molecule has 0 fully saturated rings. The number of rotatable bonds is 3. The van der Waals surface area contributed by atoms with Crippen molar-refractivity contribution in [2.75, 3.05) is 11.9 Å². The number of halogens is 1. The maximum Gasteiger partial charge on any atom is 0.103 e. The number of nitriles is 1. The molecule has 0 aliphatic rings. The summed E-state index contributed by atoms with van der Waals surface area (Å²) in [6, 6.07) is 7.98. The van der Waals surface area contributed by atoms with Gasteiger partial charge in [-0.1, -0.05) is 6.07 Å². The van der Waals surface area contributed by atoms with Crippen molar-refractivity contribution in [2.45, 2.75) is 6.54 Å². The number of hydrogen-bond donors (Lipinski definition) is 0. The first kappa shape index (κ1) is 12.7. The Labute approximate surface area is 115 Å². The van der Waals surface area contributed by atoms with E-state index in [4.69, 9.17) is 0 Å². The highest BCUT2D eigenvalue weighted by Gasteiger charge is 2.11. The summed E-state index contributed by atoms with van der Waals surface area (Å²) in [6.07, 6.45) is 3.81. The Balaban J connectivity index is 2.27. The van der Waals surface area contributed by atoms with Gasteiger partial charge >= 0.3 is 0 Å². The van der Waals surface area contributed by atoms with Crippen LogP contribution in [0.25, 0.3) is 0 Å². The molecule has 0 N–H and O–H groups in total. The van der Waals surface area contributed by atoms with Crippen molar-refractivity contribution in [2.24, 2.45) is 7.05 Å². The first-order chi connectivity index (χ1) is 8.61. The molecule has 0 atom stereocenters. The summed E-state index contributed by atoms with van der Waals surface area (Å²) in [5.74, 6) is 0. The first-order valence-corrected chi connectivity index (χ1v) is 6.28. The summed E-state index contributed by atoms with van der Waals surface area (Å²) in [4.78, 5) is 2.04. The first-order valence-electron chi connectivity index (χ1n) is 5.49. The summed E-state index contributed by atoms with van der Waals surface area (Å²) in [5.41, 5.74) is 2.68. The Morgan fingerprint density at radius 2 is 2.28 bits per heavy atom. The second-order valence-corrected chi connectivity index (χ2v) is 4.98. The molecule has 0 saturated carbocycles. The van der Waals surface area contributed by atoms with Gasteiger partial charge in [0.25, 0.3) is 0 Å². The lowest BCUT2D eigenvalue weighted by molar-refractivity contribution is 0.766. The van der Waals surface area contributed by atoms with Crippen molar-refractivity contribution in [3.05, 3.63) is 46.2 Å². The molecule has 0 radical (unpaired) electrons. The highest BCUT2D eigenvalue weighted by atomic mass is 79.9. The van der Waals surface area contributed by atoms with Gasteiger partial charge in [0, 0.05) is 36.9 Å². The average molecular weight is 305 g/mol. The van der Waals surface area contributed by atoms with E-state index in [0.717, 1.165) is 22.3 Å². The summed E-state index contributed by atoms with van der Waals surface area (Å²) in [7, 11) is 3.86. The molecule has 0 bridgehead atoms. The SMILES string of the molecule is CN(Cc1cnn(C)c1)c1cccc(Br)c1C#N. The molecule has 0 aliphatic heterocycles. The predicted octanol–water partition coefficient (Wildman–Crippen LogP) is 2.69. The summed E-state index contributed by atoms with van der Waals surface area (Å²) in [5, 5.41) is 13.3. The molecule has 1 aromatic carbocycles. The van der Waals surface area contributed by atoms with Crippen LogP contribution in [-0.2, 0) is 13.6 Å². The zero-order valence-electron chi connectivity index (χ0n) is 10.3. The minimum absolute atomic E-state index is 0.656. The maximum atomic E-state index is 9.20. The minimum Gasteiger partial charge on any atom is -0.369 e. The molecule has 18 heavy (non-hydrogen) atoms. The van der Waals surface area contributed by atoms with E-state index < -0.39 is 0 Å². The van der Waals surface area contributed by atoms with Gasteiger partial charge in [-0.2, -0.15) is 10.4 Å². The van der Waals surface area contributed by atoms with Crippen molar-refractivity contribution >= 4 is 21.6 Å². The van der Waals surface area contributed by atoms with Gasteiger partial charge in [0.15, 0.2) is 0 Å². The van der Waals surface area contributed by atoms with Crippen LogP contribution in [0.2, 0.25) is 0 Å². The molecule has 0 spiro atoms. The highest BCUT2D eigenvalue weighted by molar-refractivity contribution is 9.10. The molecule has 1 aromatic heterocycles. The lowest BCUT2D eigenvalue weighted by Gasteiger charge is -2.20. The van der Waals surface area contributed by atoms with Crippen LogP contribution < -0.4 is 4.90 Å². The van der Waals surface area contributed by atoms with E-state index in [0.29, 0.717) is 5.56 Å². The molecule has 0 unspecified atom stereocenters. The number of benzene rings is 1. The smallest absolute Gasteiger partial charge is 0.103 e. The average Bonchev–Trinajstić information content (AvgIpc) is 2.74. The van der Waals surface area contributed by atoms with Crippen LogP contribution >= 0.6 is 15.9 Å². The molecular weight excluding hydrogens is 292 g/mol. The Kier molecular flexibility index (Phi) is 3.68. The van der Waals surface area contributed by atoms with Gasteiger partial charge < -0.3 is 4.90 Å². The Morgan fingerprint density at radius 3 is 2.89 bits per heavy atom. The quantitative estimate of drug-likeness (QED) is 0.876. The molecule has 92 valence electrons. The van der Waals surface area contributed by atoms with E-state index in [-0.39, 0.29) is 0 Å². The standard InChI is InChI=1S/C13H13BrN4/c1-17(8-10-7-16-18(2)9-10)13-5-3-4-12(14)11(13)6-15/h3-5,7,9H,8H2,1-2H3. The second kappa shape index (κ2) is 5.23. The third-order valence-electron chi connectivity index (χ3n) is 2.69. The molecule has 0 aliphatic carbocycles. The molecule has 4 nitrogen and oxygen atoms in total. The zero-order chi connectivity index (χ0) is 13.1. The molecule has 1 heterocycles. The van der Waals surface area contributed by atoms with Gasteiger partial charge in [-0.3, -0.25) is 4.68 Å². The van der Waals surface area contributed by atoms with E-state index >= 15 is 0 Å². The van der Waals surface area contributed by atoms with Gasteiger partial charge in [0.05, 0.1) is 17.4 Å². The van der Waals surface area contributed by atoms with Gasteiger partial charge in [-0.25, -0.2) is 0 Å². The van der Waals surface area contributed by atoms with E-state index in [1.165, 1.54) is 0 Å². The van der Waals surface area contributed by atoms with Crippen LogP contribution in [0.4, 0.5) is 5.69 Å². The maximum absolute atomic E-state index is 9.20. The lowest BCUT2D eigenvalue weighted by atomic mass is 10.1. The van der Waals surface area contributed by atoms with Crippen LogP contribution in [-0.4, -0.2) is 16.8 Å². The Bertz CT molecular complexity index is 597. The molecule has 0 amide bonds. The van der Waals surface area contributed by atoms with Crippen molar-refractivity contribution in [1.29, 1.82) is 5.26 Å². The minimum atomic E-state index is 0.656. The summed E-state index contributed by atoms with van der Waals surface area (Å²) < 4.78 is 2.59. The Morgan fingerprint density at radius 1 is 1.50 bits per heavy atom. The topological polar surface area (TPSA) is 44.9 Å². The van der Waals surface area contributed by atoms with Crippen LogP contribution in [0.15, 0.2) is 35.1 Å². The fourth-order valence-electron chi connectivity index (χ4n) is 1.85. The molecule has 5 heteroatoms. The van der Waals surface area contributed by atoms with Crippen molar-refractivity contribution < 1.29 is 0 Å². The van der Waals surface area contributed by atoms with E-state index in [1.54, 1.807) is 4.68 Å². The molecular formula is C13H13BrN4. The number of hydrogen-bond acceptors (Lipinski definition) is 3. The lowest BCUT2D eigenvalue weighted by Crippen LogP contribution is -2.17. The molecule has 0 saturated heterocycles. The van der Waals surface area contributed by atoms with Crippen molar-refractivity contribution in [1.82, 2.24) is 9.78 Å². The zero-order valence-corrected chi connectivity index (χ0v) is 11.8. The highest BCUT2D eigenvalue weighted by Crippen LogP contribution is 2.27. The fraction of sp³-hybridized carbons (Fsp3) is 0.231.